The fourth-order valence-electron chi connectivity index (χ4n) is 4.63. The summed E-state index contributed by atoms with van der Waals surface area (Å²) in [5.74, 6) is 0.510. The third kappa shape index (κ3) is 4.51. The van der Waals surface area contributed by atoms with E-state index in [2.05, 4.69) is 91.0 Å². The Labute approximate surface area is 200 Å². The number of rotatable bonds is 7. The first-order valence-electron chi connectivity index (χ1n) is 11.4. The zero-order chi connectivity index (χ0) is 23.2. The number of hydrogen-bond donors (Lipinski definition) is 0. The second-order valence-electron chi connectivity index (χ2n) is 8.36. The summed E-state index contributed by atoms with van der Waals surface area (Å²) < 4.78 is 20.7. The molecule has 0 unspecified atom stereocenters. The van der Waals surface area contributed by atoms with Crippen molar-refractivity contribution in [1.29, 1.82) is 0 Å². The molecule has 0 heterocycles. The van der Waals surface area contributed by atoms with E-state index in [1.807, 2.05) is 42.5 Å². The molecule has 0 aromatic heterocycles. The number of benzene rings is 5. The molecule has 0 atom stereocenters. The van der Waals surface area contributed by atoms with Gasteiger partial charge in [0.1, 0.15) is 0 Å². The van der Waals surface area contributed by atoms with Gasteiger partial charge >= 0.3 is 201 Å². The average molecular weight is 465 g/mol. The maximum absolute atomic E-state index is 14.7. The number of halogens is 1. The summed E-state index contributed by atoms with van der Waals surface area (Å²) in [5.41, 5.74) is 1.05. The van der Waals surface area contributed by atoms with E-state index in [1.54, 1.807) is 0 Å². The molecule has 0 radical (unpaired) electrons. The van der Waals surface area contributed by atoms with E-state index in [4.69, 9.17) is 4.74 Å². The molecule has 0 N–H and O–H groups in total. The first-order valence-corrected chi connectivity index (χ1v) is 13.6. The number of para-hydroxylation sites is 1. The van der Waals surface area contributed by atoms with E-state index < -0.39 is 7.26 Å². The van der Waals surface area contributed by atoms with Gasteiger partial charge in [0.25, 0.3) is 0 Å². The molecule has 0 amide bonds. The van der Waals surface area contributed by atoms with Crippen LogP contribution in [-0.2, 0) is 6.16 Å². The summed E-state index contributed by atoms with van der Waals surface area (Å²) in [5, 5.41) is 3.96. The van der Waals surface area contributed by atoms with Crippen molar-refractivity contribution in [2.75, 3.05) is 0 Å². The summed E-state index contributed by atoms with van der Waals surface area (Å²) >= 11 is 0. The number of hydrogen-bond acceptors (Lipinski definition) is 1. The van der Waals surface area contributed by atoms with Crippen molar-refractivity contribution < 1.29 is 9.13 Å². The third-order valence-corrected chi connectivity index (χ3v) is 11.1. The topological polar surface area (TPSA) is 9.23 Å². The van der Waals surface area contributed by atoms with Gasteiger partial charge in [0.2, 0.25) is 0 Å². The Kier molecular flexibility index (Phi) is 6.51. The van der Waals surface area contributed by atoms with E-state index in [-0.39, 0.29) is 11.6 Å². The number of ether oxygens (including phenoxy) is 1. The van der Waals surface area contributed by atoms with Crippen molar-refractivity contribution in [3.8, 4) is 11.5 Å². The average Bonchev–Trinajstić information content (AvgIpc) is 2.91. The zero-order valence-electron chi connectivity index (χ0n) is 18.8. The molecule has 1 nitrogen and oxygen atoms in total. The van der Waals surface area contributed by atoms with Crippen LogP contribution in [0.2, 0.25) is 0 Å². The van der Waals surface area contributed by atoms with Gasteiger partial charge in [0, 0.05) is 0 Å². The second kappa shape index (κ2) is 10.0. The Morgan fingerprint density at radius 2 is 0.971 bits per heavy atom. The molecule has 5 aromatic rings. The van der Waals surface area contributed by atoms with Crippen molar-refractivity contribution in [1.82, 2.24) is 0 Å². The summed E-state index contributed by atoms with van der Waals surface area (Å²) in [4.78, 5) is 0. The molecule has 0 saturated heterocycles. The van der Waals surface area contributed by atoms with Crippen LogP contribution in [0.4, 0.5) is 4.39 Å². The Morgan fingerprint density at radius 3 is 1.44 bits per heavy atom. The molecule has 168 valence electrons. The zero-order valence-corrected chi connectivity index (χ0v) is 19.8. The Bertz CT molecular complexity index is 1240. The molecule has 5 aromatic carbocycles. The summed E-state index contributed by atoms with van der Waals surface area (Å²) in [7, 11) is -2.48. The van der Waals surface area contributed by atoms with Gasteiger partial charge in [-0.15, -0.1) is 0 Å². The van der Waals surface area contributed by atoms with Crippen molar-refractivity contribution in [3.63, 3.8) is 0 Å². The maximum atomic E-state index is 14.7. The molecule has 0 aliphatic heterocycles. The molecule has 0 spiro atoms. The van der Waals surface area contributed by atoms with Crippen LogP contribution in [0.25, 0.3) is 0 Å². The summed E-state index contributed by atoms with van der Waals surface area (Å²) in [6.07, 6.45) is 0.788. The Hall–Kier alpha value is -3.74. The first kappa shape index (κ1) is 22.1. The van der Waals surface area contributed by atoms with Crippen molar-refractivity contribution in [2.45, 2.75) is 6.16 Å². The van der Waals surface area contributed by atoms with Gasteiger partial charge in [-0.2, -0.15) is 0 Å². The van der Waals surface area contributed by atoms with Crippen LogP contribution in [0, 0.1) is 5.82 Å². The first-order chi connectivity index (χ1) is 16.8. The van der Waals surface area contributed by atoms with Crippen molar-refractivity contribution >= 4 is 23.2 Å². The molecular formula is C31H26FOP. The van der Waals surface area contributed by atoms with Gasteiger partial charge in [-0.3, -0.25) is 0 Å². The van der Waals surface area contributed by atoms with Gasteiger partial charge in [-0.05, 0) is 0 Å². The van der Waals surface area contributed by atoms with E-state index >= 15 is 0 Å². The van der Waals surface area contributed by atoms with E-state index in [9.17, 15) is 4.39 Å². The molecule has 0 fully saturated rings. The second-order valence-corrected chi connectivity index (χ2v) is 12.3. The molecule has 0 bridgehead atoms. The van der Waals surface area contributed by atoms with Crippen molar-refractivity contribution in [2.24, 2.45) is 0 Å². The van der Waals surface area contributed by atoms with Crippen LogP contribution in [0.15, 0.2) is 140 Å². The van der Waals surface area contributed by atoms with E-state index in [0.717, 1.165) is 11.7 Å². The summed E-state index contributed by atoms with van der Waals surface area (Å²) in [6.45, 7) is 0. The standard InChI is InChI=1S/C31H26FOP/c32-30-22-21-25(23-31(30)33-26-13-5-1-6-14-26)24-34(27-15-7-2-8-16-27,28-17-9-3-10-18-28)29-19-11-4-12-20-29/h1-23,34H,24H2. The predicted octanol–water partition coefficient (Wildman–Crippen LogP) is 6.84. The predicted molar refractivity (Wildman–Crippen MR) is 143 cm³/mol. The van der Waals surface area contributed by atoms with Gasteiger partial charge in [0.15, 0.2) is 0 Å². The Morgan fingerprint density at radius 1 is 0.529 bits per heavy atom. The molecule has 0 aliphatic rings. The monoisotopic (exact) mass is 464 g/mol. The fraction of sp³-hybridized carbons (Fsp3) is 0.0323. The third-order valence-electron chi connectivity index (χ3n) is 6.24. The van der Waals surface area contributed by atoms with Crippen LogP contribution in [0.5, 0.6) is 11.5 Å². The van der Waals surface area contributed by atoms with Crippen LogP contribution in [-0.4, -0.2) is 0 Å². The minimum absolute atomic E-state index is 0.251. The molecule has 0 saturated carbocycles. The normalized spacial score (nSPS) is 11.7. The SMILES string of the molecule is Fc1ccc(C[PH](c2ccccc2)(c2ccccc2)c2ccccc2)cc1Oc1ccccc1. The quantitative estimate of drug-likeness (QED) is 0.240. The Balaban J connectivity index is 1.66. The van der Waals surface area contributed by atoms with Gasteiger partial charge in [-0.1, -0.05) is 0 Å². The van der Waals surface area contributed by atoms with Gasteiger partial charge in [0.05, 0.1) is 0 Å². The minimum atomic E-state index is -2.48. The van der Waals surface area contributed by atoms with Gasteiger partial charge in [-0.25, -0.2) is 0 Å². The fourth-order valence-corrected chi connectivity index (χ4v) is 9.36. The van der Waals surface area contributed by atoms with E-state index in [1.165, 1.54) is 22.0 Å². The van der Waals surface area contributed by atoms with Crippen LogP contribution in [0.1, 0.15) is 5.56 Å². The van der Waals surface area contributed by atoms with Crippen LogP contribution < -0.4 is 20.7 Å². The van der Waals surface area contributed by atoms with Crippen LogP contribution >= 0.6 is 7.26 Å². The molecule has 34 heavy (non-hydrogen) atoms. The van der Waals surface area contributed by atoms with Gasteiger partial charge < -0.3 is 0 Å². The molecular weight excluding hydrogens is 438 g/mol. The van der Waals surface area contributed by atoms with Crippen LogP contribution in [0.3, 0.4) is 0 Å². The van der Waals surface area contributed by atoms with Crippen molar-refractivity contribution in [3.05, 3.63) is 151 Å². The molecule has 3 heteroatoms. The summed E-state index contributed by atoms with van der Waals surface area (Å²) in [6, 6.07) is 46.9. The molecule has 5 rings (SSSR count). The van der Waals surface area contributed by atoms with E-state index in [0.29, 0.717) is 5.75 Å². The molecule has 0 aliphatic carbocycles.